The van der Waals surface area contributed by atoms with Gasteiger partial charge >= 0.3 is 0 Å². The fourth-order valence-corrected chi connectivity index (χ4v) is 2.96. The highest BCUT2D eigenvalue weighted by molar-refractivity contribution is 7.92. The lowest BCUT2D eigenvalue weighted by molar-refractivity contribution is 0.416. The molecule has 2 N–H and O–H groups in total. The second-order valence-electron chi connectivity index (χ2n) is 4.35. The third-order valence-electron chi connectivity index (χ3n) is 3.08. The predicted octanol–water partition coefficient (Wildman–Crippen LogP) is 1.37. The van der Waals surface area contributed by atoms with Crippen molar-refractivity contribution in [3.8, 4) is 5.75 Å². The fraction of sp³-hybridized carbons (Fsp3) is 0.214. The van der Waals surface area contributed by atoms with E-state index < -0.39 is 10.0 Å². The number of methoxy groups -OCH3 is 1. The van der Waals surface area contributed by atoms with Crippen LogP contribution in [0.5, 0.6) is 5.75 Å². The van der Waals surface area contributed by atoms with Gasteiger partial charge in [-0.3, -0.25) is 4.31 Å². The molecule has 7 heteroatoms. The van der Waals surface area contributed by atoms with Crippen LogP contribution < -0.4 is 14.8 Å². The number of para-hydroxylation sites is 2. The molecule has 0 fully saturated rings. The average molecular weight is 307 g/mol. The number of pyridine rings is 1. The summed E-state index contributed by atoms with van der Waals surface area (Å²) in [6, 6.07) is 9.99. The van der Waals surface area contributed by atoms with Crippen LogP contribution in [0, 0.1) is 0 Å². The molecule has 0 spiro atoms. The van der Waals surface area contributed by atoms with Crippen molar-refractivity contribution < 1.29 is 13.2 Å². The van der Waals surface area contributed by atoms with Gasteiger partial charge in [0.15, 0.2) is 5.03 Å². The minimum absolute atomic E-state index is 0.0342. The quantitative estimate of drug-likeness (QED) is 0.902. The Hall–Kier alpha value is -2.12. The Kier molecular flexibility index (Phi) is 4.44. The Morgan fingerprint density at radius 3 is 2.52 bits per heavy atom. The number of hydrogen-bond donors (Lipinski definition) is 1. The topological polar surface area (TPSA) is 85.5 Å². The molecule has 2 aromatic rings. The second kappa shape index (κ2) is 6.11. The van der Waals surface area contributed by atoms with E-state index in [0.29, 0.717) is 18.0 Å². The van der Waals surface area contributed by atoms with Crippen molar-refractivity contribution in [2.75, 3.05) is 18.5 Å². The van der Waals surface area contributed by atoms with Crippen molar-refractivity contribution in [3.63, 3.8) is 0 Å². The Balaban J connectivity index is 2.42. The molecular weight excluding hydrogens is 290 g/mol. The molecule has 0 atom stereocenters. The molecule has 0 aliphatic rings. The van der Waals surface area contributed by atoms with Crippen molar-refractivity contribution in [2.24, 2.45) is 5.73 Å². The van der Waals surface area contributed by atoms with Crippen molar-refractivity contribution in [1.82, 2.24) is 4.98 Å². The van der Waals surface area contributed by atoms with Gasteiger partial charge in [-0.05, 0) is 23.8 Å². The first-order chi connectivity index (χ1) is 10.0. The molecule has 0 aliphatic carbocycles. The molecule has 1 aromatic heterocycles. The van der Waals surface area contributed by atoms with E-state index >= 15 is 0 Å². The van der Waals surface area contributed by atoms with Crippen LogP contribution in [0.3, 0.4) is 0 Å². The fourth-order valence-electron chi connectivity index (χ4n) is 1.84. The summed E-state index contributed by atoms with van der Waals surface area (Å²) in [5, 5.41) is -0.0342. The molecule has 21 heavy (non-hydrogen) atoms. The summed E-state index contributed by atoms with van der Waals surface area (Å²) in [5.74, 6) is 0.474. The van der Waals surface area contributed by atoms with E-state index in [-0.39, 0.29) is 5.03 Å². The minimum Gasteiger partial charge on any atom is -0.495 e. The standard InChI is InChI=1S/C14H17N3O3S/c1-17(12-5-3-4-6-13(12)20-2)21(18,19)14-8-7-11(9-15)10-16-14/h3-8,10H,9,15H2,1-2H3. The highest BCUT2D eigenvalue weighted by Crippen LogP contribution is 2.30. The molecule has 0 saturated heterocycles. The molecule has 0 radical (unpaired) electrons. The first-order valence-corrected chi connectivity index (χ1v) is 7.71. The molecule has 0 bridgehead atoms. The molecule has 0 aliphatic heterocycles. The zero-order valence-corrected chi connectivity index (χ0v) is 12.7. The summed E-state index contributed by atoms with van der Waals surface area (Å²) in [5.41, 5.74) is 6.70. The summed E-state index contributed by atoms with van der Waals surface area (Å²) in [6.45, 7) is 0.315. The summed E-state index contributed by atoms with van der Waals surface area (Å²) < 4.78 is 31.5. The molecule has 0 saturated carbocycles. The lowest BCUT2D eigenvalue weighted by Gasteiger charge is -2.21. The molecule has 1 heterocycles. The van der Waals surface area contributed by atoms with Gasteiger partial charge in [-0.2, -0.15) is 8.42 Å². The SMILES string of the molecule is COc1ccccc1N(C)S(=O)(=O)c1ccc(CN)cn1. The summed E-state index contributed by atoms with van der Waals surface area (Å²) >= 11 is 0. The van der Waals surface area contributed by atoms with Crippen LogP contribution in [0.15, 0.2) is 47.6 Å². The average Bonchev–Trinajstić information content (AvgIpc) is 2.54. The molecule has 0 unspecified atom stereocenters. The molecule has 6 nitrogen and oxygen atoms in total. The number of anilines is 1. The highest BCUT2D eigenvalue weighted by atomic mass is 32.2. The van der Waals surface area contributed by atoms with Gasteiger partial charge < -0.3 is 10.5 Å². The number of aromatic nitrogens is 1. The third kappa shape index (κ3) is 2.98. The van der Waals surface area contributed by atoms with E-state index in [1.54, 1.807) is 30.3 Å². The molecule has 112 valence electrons. The van der Waals surface area contributed by atoms with Gasteiger partial charge in [0.25, 0.3) is 10.0 Å². The highest BCUT2D eigenvalue weighted by Gasteiger charge is 2.24. The maximum Gasteiger partial charge on any atom is 0.281 e. The van der Waals surface area contributed by atoms with Crippen LogP contribution >= 0.6 is 0 Å². The van der Waals surface area contributed by atoms with E-state index in [2.05, 4.69) is 4.98 Å². The van der Waals surface area contributed by atoms with Crippen LogP contribution in [0.25, 0.3) is 0 Å². The monoisotopic (exact) mass is 307 g/mol. The van der Waals surface area contributed by atoms with Gasteiger partial charge in [-0.25, -0.2) is 4.98 Å². The number of nitrogens with two attached hydrogens (primary N) is 1. The van der Waals surface area contributed by atoms with Gasteiger partial charge in [0.1, 0.15) is 5.75 Å². The summed E-state index contributed by atoms with van der Waals surface area (Å²) in [4.78, 5) is 3.97. The van der Waals surface area contributed by atoms with Crippen LogP contribution in [0.1, 0.15) is 5.56 Å². The van der Waals surface area contributed by atoms with Crippen LogP contribution in [0.4, 0.5) is 5.69 Å². The van der Waals surface area contributed by atoms with Gasteiger partial charge in [-0.1, -0.05) is 18.2 Å². The lowest BCUT2D eigenvalue weighted by atomic mass is 10.3. The normalized spacial score (nSPS) is 11.2. The number of nitrogens with zero attached hydrogens (tertiary/aromatic N) is 2. The van der Waals surface area contributed by atoms with Crippen LogP contribution in [0.2, 0.25) is 0 Å². The zero-order chi connectivity index (χ0) is 15.5. The lowest BCUT2D eigenvalue weighted by Crippen LogP contribution is -2.27. The van der Waals surface area contributed by atoms with Crippen molar-refractivity contribution in [1.29, 1.82) is 0 Å². The Morgan fingerprint density at radius 2 is 1.95 bits per heavy atom. The van der Waals surface area contributed by atoms with Gasteiger partial charge in [0.05, 0.1) is 12.8 Å². The zero-order valence-electron chi connectivity index (χ0n) is 11.9. The first kappa shape index (κ1) is 15.3. The summed E-state index contributed by atoms with van der Waals surface area (Å²) in [7, 11) is -0.791. The van der Waals surface area contributed by atoms with Gasteiger partial charge in [-0.15, -0.1) is 0 Å². The third-order valence-corrected chi connectivity index (χ3v) is 4.77. The van der Waals surface area contributed by atoms with E-state index in [4.69, 9.17) is 10.5 Å². The molecule has 2 rings (SSSR count). The van der Waals surface area contributed by atoms with E-state index in [0.717, 1.165) is 9.87 Å². The number of hydrogen-bond acceptors (Lipinski definition) is 5. The van der Waals surface area contributed by atoms with Crippen molar-refractivity contribution in [2.45, 2.75) is 11.6 Å². The Labute approximate surface area is 124 Å². The number of sulfonamides is 1. The first-order valence-electron chi connectivity index (χ1n) is 6.27. The van der Waals surface area contributed by atoms with E-state index in [1.807, 2.05) is 0 Å². The maximum absolute atomic E-state index is 12.6. The largest absolute Gasteiger partial charge is 0.495 e. The van der Waals surface area contributed by atoms with E-state index in [9.17, 15) is 8.42 Å². The van der Waals surface area contributed by atoms with Gasteiger partial charge in [0.2, 0.25) is 0 Å². The maximum atomic E-state index is 12.6. The molecule has 0 amide bonds. The molecule has 1 aromatic carbocycles. The Bertz CT molecular complexity index is 714. The predicted molar refractivity (Wildman–Crippen MR) is 80.7 cm³/mol. The Morgan fingerprint density at radius 1 is 1.24 bits per heavy atom. The van der Waals surface area contributed by atoms with Crippen molar-refractivity contribution in [3.05, 3.63) is 48.2 Å². The van der Waals surface area contributed by atoms with Crippen LogP contribution in [-0.2, 0) is 16.6 Å². The van der Waals surface area contributed by atoms with Gasteiger partial charge in [0, 0.05) is 19.8 Å². The number of ether oxygens (including phenoxy) is 1. The van der Waals surface area contributed by atoms with E-state index in [1.165, 1.54) is 26.4 Å². The number of benzene rings is 1. The van der Waals surface area contributed by atoms with Crippen molar-refractivity contribution >= 4 is 15.7 Å². The van der Waals surface area contributed by atoms with Crippen LogP contribution in [-0.4, -0.2) is 27.6 Å². The second-order valence-corrected chi connectivity index (χ2v) is 6.27. The smallest absolute Gasteiger partial charge is 0.281 e. The number of rotatable bonds is 5. The summed E-state index contributed by atoms with van der Waals surface area (Å²) in [6.07, 6.45) is 1.46. The molecular formula is C14H17N3O3S. The minimum atomic E-state index is -3.75.